The second-order valence-corrected chi connectivity index (χ2v) is 3.12. The van der Waals surface area contributed by atoms with Gasteiger partial charge in [0, 0.05) is 18.5 Å². The van der Waals surface area contributed by atoms with Crippen LogP contribution < -0.4 is 5.32 Å². The highest BCUT2D eigenvalue weighted by Crippen LogP contribution is 2.09. The highest BCUT2D eigenvalue weighted by Gasteiger charge is 2.15. The van der Waals surface area contributed by atoms with E-state index in [0.717, 1.165) is 31.3 Å². The van der Waals surface area contributed by atoms with Gasteiger partial charge in [-0.15, -0.1) is 0 Å². The van der Waals surface area contributed by atoms with E-state index in [4.69, 9.17) is 4.74 Å². The molecule has 1 atom stereocenters. The van der Waals surface area contributed by atoms with Crippen molar-refractivity contribution in [2.45, 2.75) is 19.4 Å². The minimum absolute atomic E-state index is 0.426. The number of nitrogens with one attached hydrogen (secondary N) is 2. The monoisotopic (exact) mass is 167 g/mol. The largest absolute Gasteiger partial charge is 0.379 e. The minimum atomic E-state index is 0.426. The van der Waals surface area contributed by atoms with Gasteiger partial charge >= 0.3 is 0 Å². The van der Waals surface area contributed by atoms with Crippen LogP contribution in [0.2, 0.25) is 0 Å². The summed E-state index contributed by atoms with van der Waals surface area (Å²) >= 11 is 0. The van der Waals surface area contributed by atoms with Gasteiger partial charge in [0.15, 0.2) is 0 Å². The van der Waals surface area contributed by atoms with Crippen LogP contribution in [0.25, 0.3) is 0 Å². The fourth-order valence-corrected chi connectivity index (χ4v) is 1.33. The summed E-state index contributed by atoms with van der Waals surface area (Å²) in [5.74, 6) is 0.850. The van der Waals surface area contributed by atoms with Crippen molar-refractivity contribution in [2.75, 3.05) is 18.5 Å². The predicted molar refractivity (Wildman–Crippen MR) is 46.2 cm³/mol. The molecule has 2 rings (SSSR count). The molecule has 0 saturated carbocycles. The summed E-state index contributed by atoms with van der Waals surface area (Å²) in [6.07, 6.45) is 2.89. The van der Waals surface area contributed by atoms with Crippen molar-refractivity contribution in [3.05, 3.63) is 11.9 Å². The lowest BCUT2D eigenvalue weighted by molar-refractivity contribution is 0.195. The molecular weight excluding hydrogens is 154 g/mol. The number of ether oxygens (including phenoxy) is 1. The van der Waals surface area contributed by atoms with E-state index in [-0.39, 0.29) is 0 Å². The standard InChI is InChI=1S/C8H13N3O/c1-6-4-9-8(10-6)11-7-2-3-12-5-7/h4,7H,2-3,5H2,1H3,(H2,9,10,11). The average Bonchev–Trinajstić information content (AvgIpc) is 2.63. The first kappa shape index (κ1) is 7.61. The van der Waals surface area contributed by atoms with Crippen LogP contribution in [0.3, 0.4) is 0 Å². The lowest BCUT2D eigenvalue weighted by atomic mass is 10.3. The zero-order valence-corrected chi connectivity index (χ0v) is 7.13. The third kappa shape index (κ3) is 1.58. The normalized spacial score (nSPS) is 22.9. The Hall–Kier alpha value is -1.03. The third-order valence-electron chi connectivity index (χ3n) is 1.97. The van der Waals surface area contributed by atoms with E-state index >= 15 is 0 Å². The summed E-state index contributed by atoms with van der Waals surface area (Å²) in [4.78, 5) is 7.28. The molecule has 2 N–H and O–H groups in total. The van der Waals surface area contributed by atoms with Crippen LogP contribution in [0.4, 0.5) is 5.95 Å². The van der Waals surface area contributed by atoms with Crippen LogP contribution in [0, 0.1) is 6.92 Å². The van der Waals surface area contributed by atoms with E-state index in [9.17, 15) is 0 Å². The number of hydrogen-bond acceptors (Lipinski definition) is 3. The second-order valence-electron chi connectivity index (χ2n) is 3.12. The van der Waals surface area contributed by atoms with Crippen molar-refractivity contribution in [1.29, 1.82) is 0 Å². The summed E-state index contributed by atoms with van der Waals surface area (Å²) in [5.41, 5.74) is 1.08. The lowest BCUT2D eigenvalue weighted by Gasteiger charge is -2.07. The Morgan fingerprint density at radius 3 is 3.25 bits per heavy atom. The molecule has 1 aliphatic rings. The molecule has 4 nitrogen and oxygen atoms in total. The maximum Gasteiger partial charge on any atom is 0.200 e. The molecule has 0 radical (unpaired) electrons. The number of nitrogens with zero attached hydrogens (tertiary/aromatic N) is 1. The molecule has 1 aromatic heterocycles. The second kappa shape index (κ2) is 3.15. The number of aromatic amines is 1. The summed E-state index contributed by atoms with van der Waals surface area (Å²) in [6.45, 7) is 3.64. The molecule has 66 valence electrons. The van der Waals surface area contributed by atoms with Crippen molar-refractivity contribution in [3.63, 3.8) is 0 Å². The van der Waals surface area contributed by atoms with Crippen molar-refractivity contribution >= 4 is 5.95 Å². The van der Waals surface area contributed by atoms with Crippen molar-refractivity contribution in [3.8, 4) is 0 Å². The summed E-state index contributed by atoms with van der Waals surface area (Å²) in [6, 6.07) is 0.426. The van der Waals surface area contributed by atoms with Gasteiger partial charge in [-0.2, -0.15) is 0 Å². The van der Waals surface area contributed by atoms with Crippen LogP contribution in [-0.2, 0) is 4.74 Å². The van der Waals surface area contributed by atoms with Gasteiger partial charge in [0.2, 0.25) is 5.95 Å². The molecule has 0 aromatic carbocycles. The number of rotatable bonds is 2. The number of aromatic nitrogens is 2. The Labute approximate surface area is 71.3 Å². The molecule has 0 amide bonds. The summed E-state index contributed by atoms with van der Waals surface area (Å²) in [7, 11) is 0. The van der Waals surface area contributed by atoms with Gasteiger partial charge in [-0.1, -0.05) is 0 Å². The van der Waals surface area contributed by atoms with Crippen LogP contribution in [0.15, 0.2) is 6.20 Å². The quantitative estimate of drug-likeness (QED) is 0.688. The molecule has 0 bridgehead atoms. The average molecular weight is 167 g/mol. The van der Waals surface area contributed by atoms with E-state index in [1.165, 1.54) is 0 Å². The van der Waals surface area contributed by atoms with Gasteiger partial charge < -0.3 is 15.0 Å². The number of imidazole rings is 1. The van der Waals surface area contributed by atoms with Gasteiger partial charge in [-0.3, -0.25) is 0 Å². The highest BCUT2D eigenvalue weighted by atomic mass is 16.5. The Morgan fingerprint density at radius 2 is 2.67 bits per heavy atom. The molecule has 1 fully saturated rings. The van der Waals surface area contributed by atoms with E-state index in [0.29, 0.717) is 6.04 Å². The number of H-pyrrole nitrogens is 1. The van der Waals surface area contributed by atoms with E-state index in [2.05, 4.69) is 15.3 Å². The minimum Gasteiger partial charge on any atom is -0.379 e. The van der Waals surface area contributed by atoms with Gasteiger partial charge in [0.25, 0.3) is 0 Å². The molecule has 1 unspecified atom stereocenters. The SMILES string of the molecule is Cc1cnc(NC2CCOC2)[nH]1. The summed E-state index contributed by atoms with van der Waals surface area (Å²) < 4.78 is 5.23. The lowest BCUT2D eigenvalue weighted by Crippen LogP contribution is -2.19. The molecule has 1 aromatic rings. The first-order valence-corrected chi connectivity index (χ1v) is 4.20. The van der Waals surface area contributed by atoms with Gasteiger partial charge in [-0.05, 0) is 13.3 Å². The zero-order chi connectivity index (χ0) is 8.39. The number of aryl methyl sites for hydroxylation is 1. The molecule has 0 spiro atoms. The smallest absolute Gasteiger partial charge is 0.200 e. The Morgan fingerprint density at radius 1 is 1.75 bits per heavy atom. The number of anilines is 1. The van der Waals surface area contributed by atoms with E-state index in [1.54, 1.807) is 0 Å². The molecule has 4 heteroatoms. The van der Waals surface area contributed by atoms with Gasteiger partial charge in [0.1, 0.15) is 0 Å². The zero-order valence-electron chi connectivity index (χ0n) is 7.13. The van der Waals surface area contributed by atoms with Gasteiger partial charge in [-0.25, -0.2) is 4.98 Å². The molecular formula is C8H13N3O. The van der Waals surface area contributed by atoms with Crippen LogP contribution in [0.1, 0.15) is 12.1 Å². The van der Waals surface area contributed by atoms with Gasteiger partial charge in [0.05, 0.1) is 12.6 Å². The molecule has 12 heavy (non-hydrogen) atoms. The topological polar surface area (TPSA) is 49.9 Å². The third-order valence-corrected chi connectivity index (χ3v) is 1.97. The fourth-order valence-electron chi connectivity index (χ4n) is 1.33. The Kier molecular flexibility index (Phi) is 1.99. The maximum absolute atomic E-state index is 5.23. The van der Waals surface area contributed by atoms with E-state index < -0.39 is 0 Å². The van der Waals surface area contributed by atoms with Crippen LogP contribution >= 0.6 is 0 Å². The maximum atomic E-state index is 5.23. The fraction of sp³-hybridized carbons (Fsp3) is 0.625. The predicted octanol–water partition coefficient (Wildman–Crippen LogP) is 0.919. The van der Waals surface area contributed by atoms with Crippen LogP contribution in [-0.4, -0.2) is 29.2 Å². The Balaban J connectivity index is 1.94. The van der Waals surface area contributed by atoms with Crippen molar-refractivity contribution in [2.24, 2.45) is 0 Å². The van der Waals surface area contributed by atoms with E-state index in [1.807, 2.05) is 13.1 Å². The molecule has 1 saturated heterocycles. The molecule has 0 aliphatic carbocycles. The highest BCUT2D eigenvalue weighted by molar-refractivity contribution is 5.27. The molecule has 2 heterocycles. The van der Waals surface area contributed by atoms with Crippen molar-refractivity contribution < 1.29 is 4.74 Å². The van der Waals surface area contributed by atoms with Crippen LogP contribution in [0.5, 0.6) is 0 Å². The Bertz CT molecular complexity index is 253. The number of hydrogen-bond donors (Lipinski definition) is 2. The first-order valence-electron chi connectivity index (χ1n) is 4.20. The van der Waals surface area contributed by atoms with Crippen molar-refractivity contribution in [1.82, 2.24) is 9.97 Å². The first-order chi connectivity index (χ1) is 5.84. The molecule has 1 aliphatic heterocycles. The summed E-state index contributed by atoms with van der Waals surface area (Å²) in [5, 5.41) is 3.27.